The summed E-state index contributed by atoms with van der Waals surface area (Å²) in [4.78, 5) is 8.57. The van der Waals surface area contributed by atoms with Gasteiger partial charge in [0.15, 0.2) is 0 Å². The first-order valence-corrected chi connectivity index (χ1v) is 6.36. The number of benzene rings is 1. The van der Waals surface area contributed by atoms with Crippen molar-refractivity contribution in [3.63, 3.8) is 0 Å². The van der Waals surface area contributed by atoms with E-state index >= 15 is 0 Å². The van der Waals surface area contributed by atoms with Crippen molar-refractivity contribution in [2.24, 2.45) is 0 Å². The number of fused-ring (bicyclic) bond motifs is 1. The van der Waals surface area contributed by atoms with Crippen molar-refractivity contribution in [2.75, 3.05) is 6.61 Å². The van der Waals surface area contributed by atoms with E-state index in [0.717, 1.165) is 25.1 Å². The minimum Gasteiger partial charge on any atom is -0.374 e. The molecule has 1 aliphatic rings. The van der Waals surface area contributed by atoms with Crippen LogP contribution in [0.2, 0.25) is 0 Å². The Labute approximate surface area is 107 Å². The summed E-state index contributed by atoms with van der Waals surface area (Å²) < 4.78 is 5.78. The van der Waals surface area contributed by atoms with E-state index in [1.54, 1.807) is 12.4 Å². The molecule has 1 aliphatic heterocycles. The van der Waals surface area contributed by atoms with Crippen molar-refractivity contribution < 1.29 is 4.74 Å². The zero-order valence-electron chi connectivity index (χ0n) is 10.5. The molecule has 0 radical (unpaired) electrons. The molecule has 0 amide bonds. The Morgan fingerprint density at radius 3 is 3.06 bits per heavy atom. The van der Waals surface area contributed by atoms with Gasteiger partial charge in [-0.05, 0) is 30.9 Å². The van der Waals surface area contributed by atoms with Gasteiger partial charge >= 0.3 is 0 Å². The number of hydrogen-bond acceptors (Lipinski definition) is 3. The van der Waals surface area contributed by atoms with E-state index in [4.69, 9.17) is 4.74 Å². The third-order valence-corrected chi connectivity index (χ3v) is 3.43. The molecule has 0 N–H and O–H groups in total. The highest BCUT2D eigenvalue weighted by Gasteiger charge is 2.18. The summed E-state index contributed by atoms with van der Waals surface area (Å²) in [5, 5.41) is 0. The molecule has 1 atom stereocenters. The van der Waals surface area contributed by atoms with E-state index in [1.165, 1.54) is 16.7 Å². The predicted octanol–water partition coefficient (Wildman–Crippen LogP) is 3.17. The zero-order chi connectivity index (χ0) is 12.4. The highest BCUT2D eigenvalue weighted by molar-refractivity contribution is 5.65. The second kappa shape index (κ2) is 4.86. The Bertz CT molecular complexity index is 539. The van der Waals surface area contributed by atoms with Crippen LogP contribution in [0.25, 0.3) is 11.3 Å². The Hall–Kier alpha value is -1.74. The summed E-state index contributed by atoms with van der Waals surface area (Å²) in [6.07, 6.45) is 7.55. The van der Waals surface area contributed by atoms with E-state index in [-0.39, 0.29) is 6.10 Å². The molecule has 3 nitrogen and oxygen atoms in total. The first kappa shape index (κ1) is 11.4. The molecule has 0 fully saturated rings. The van der Waals surface area contributed by atoms with Crippen LogP contribution < -0.4 is 0 Å². The lowest BCUT2D eigenvalue weighted by Gasteiger charge is -2.15. The van der Waals surface area contributed by atoms with Gasteiger partial charge in [0.1, 0.15) is 0 Å². The van der Waals surface area contributed by atoms with Gasteiger partial charge < -0.3 is 4.74 Å². The van der Waals surface area contributed by atoms with Crippen LogP contribution in [0, 0.1) is 0 Å². The van der Waals surface area contributed by atoms with Gasteiger partial charge in [0, 0.05) is 24.6 Å². The third kappa shape index (κ3) is 2.02. The highest BCUT2D eigenvalue weighted by atomic mass is 16.5. The van der Waals surface area contributed by atoms with Gasteiger partial charge in [-0.1, -0.05) is 18.2 Å². The zero-order valence-corrected chi connectivity index (χ0v) is 10.5. The van der Waals surface area contributed by atoms with Gasteiger partial charge in [-0.3, -0.25) is 9.97 Å². The Morgan fingerprint density at radius 1 is 1.28 bits per heavy atom. The summed E-state index contributed by atoms with van der Waals surface area (Å²) in [7, 11) is 0. The highest BCUT2D eigenvalue weighted by Crippen LogP contribution is 2.32. The van der Waals surface area contributed by atoms with E-state index < -0.39 is 0 Å². The Morgan fingerprint density at radius 2 is 2.22 bits per heavy atom. The smallest absolute Gasteiger partial charge is 0.0888 e. The molecule has 0 saturated carbocycles. The van der Waals surface area contributed by atoms with Crippen LogP contribution in [0.5, 0.6) is 0 Å². The second-order valence-electron chi connectivity index (χ2n) is 4.58. The summed E-state index contributed by atoms with van der Waals surface area (Å²) in [6, 6.07) is 6.36. The molecule has 0 aliphatic carbocycles. The quantitative estimate of drug-likeness (QED) is 0.768. The maximum Gasteiger partial charge on any atom is 0.0888 e. The largest absolute Gasteiger partial charge is 0.374 e. The molecule has 3 rings (SSSR count). The molecule has 1 aromatic heterocycles. The summed E-state index contributed by atoms with van der Waals surface area (Å²) in [5.41, 5.74) is 4.79. The molecule has 0 bridgehead atoms. The third-order valence-electron chi connectivity index (χ3n) is 3.43. The SMILES string of the molecule is C[C@H]1OCCCc2c(-c3cnccn3)cccc21. The lowest BCUT2D eigenvalue weighted by atomic mass is 9.93. The van der Waals surface area contributed by atoms with E-state index in [2.05, 4.69) is 35.1 Å². The van der Waals surface area contributed by atoms with Crippen molar-refractivity contribution in [1.82, 2.24) is 9.97 Å². The minimum absolute atomic E-state index is 0.166. The molecular formula is C15H16N2O. The maximum absolute atomic E-state index is 5.78. The van der Waals surface area contributed by atoms with Crippen LogP contribution in [-0.2, 0) is 11.2 Å². The average Bonchev–Trinajstić information content (AvgIpc) is 2.62. The topological polar surface area (TPSA) is 35.0 Å². The summed E-state index contributed by atoms with van der Waals surface area (Å²) in [6.45, 7) is 2.94. The summed E-state index contributed by atoms with van der Waals surface area (Å²) in [5.74, 6) is 0. The van der Waals surface area contributed by atoms with Crippen LogP contribution in [0.1, 0.15) is 30.6 Å². The fourth-order valence-corrected chi connectivity index (χ4v) is 2.54. The fraction of sp³-hybridized carbons (Fsp3) is 0.333. The van der Waals surface area contributed by atoms with Crippen molar-refractivity contribution >= 4 is 0 Å². The Balaban J connectivity index is 2.14. The van der Waals surface area contributed by atoms with Crippen molar-refractivity contribution in [1.29, 1.82) is 0 Å². The molecule has 2 heterocycles. The predicted molar refractivity (Wildman–Crippen MR) is 70.2 cm³/mol. The number of hydrogen-bond donors (Lipinski definition) is 0. The average molecular weight is 240 g/mol. The molecule has 2 aromatic rings. The summed E-state index contributed by atoms with van der Waals surface area (Å²) >= 11 is 0. The van der Waals surface area contributed by atoms with E-state index in [9.17, 15) is 0 Å². The molecule has 3 heteroatoms. The van der Waals surface area contributed by atoms with Crippen molar-refractivity contribution in [2.45, 2.75) is 25.9 Å². The first-order chi connectivity index (χ1) is 8.86. The van der Waals surface area contributed by atoms with Gasteiger partial charge in [0.2, 0.25) is 0 Å². The molecule has 92 valence electrons. The van der Waals surface area contributed by atoms with Crippen LogP contribution in [-0.4, -0.2) is 16.6 Å². The monoisotopic (exact) mass is 240 g/mol. The molecule has 0 spiro atoms. The van der Waals surface area contributed by atoms with Crippen LogP contribution >= 0.6 is 0 Å². The normalized spacial score (nSPS) is 19.1. The van der Waals surface area contributed by atoms with Crippen molar-refractivity contribution in [3.8, 4) is 11.3 Å². The van der Waals surface area contributed by atoms with Gasteiger partial charge in [-0.15, -0.1) is 0 Å². The molecule has 18 heavy (non-hydrogen) atoms. The maximum atomic E-state index is 5.78. The standard InChI is InChI=1S/C15H16N2O/c1-11-12-4-2-5-14(13(12)6-3-9-18-11)15-10-16-7-8-17-15/h2,4-5,7-8,10-11H,3,6,9H2,1H3/t11-/m1/s1. The van der Waals surface area contributed by atoms with Crippen LogP contribution in [0.4, 0.5) is 0 Å². The van der Waals surface area contributed by atoms with Crippen LogP contribution in [0.3, 0.4) is 0 Å². The lowest BCUT2D eigenvalue weighted by Crippen LogP contribution is -2.01. The van der Waals surface area contributed by atoms with E-state index in [0.29, 0.717) is 0 Å². The first-order valence-electron chi connectivity index (χ1n) is 6.36. The molecule has 0 unspecified atom stereocenters. The van der Waals surface area contributed by atoms with Crippen molar-refractivity contribution in [3.05, 3.63) is 47.9 Å². The number of nitrogens with zero attached hydrogens (tertiary/aromatic N) is 2. The van der Waals surface area contributed by atoms with Gasteiger partial charge in [-0.25, -0.2) is 0 Å². The molecule has 1 aromatic carbocycles. The molecular weight excluding hydrogens is 224 g/mol. The lowest BCUT2D eigenvalue weighted by molar-refractivity contribution is 0.0699. The number of aromatic nitrogens is 2. The Kier molecular flexibility index (Phi) is 3.07. The number of ether oxygens (including phenoxy) is 1. The molecule has 0 saturated heterocycles. The van der Waals surface area contributed by atoms with Gasteiger partial charge in [0.25, 0.3) is 0 Å². The minimum atomic E-state index is 0.166. The number of rotatable bonds is 1. The second-order valence-corrected chi connectivity index (χ2v) is 4.58. The van der Waals surface area contributed by atoms with E-state index in [1.807, 2.05) is 6.20 Å². The fourth-order valence-electron chi connectivity index (χ4n) is 2.54. The van der Waals surface area contributed by atoms with Gasteiger partial charge in [-0.2, -0.15) is 0 Å². The van der Waals surface area contributed by atoms with Gasteiger partial charge in [0.05, 0.1) is 18.0 Å². The van der Waals surface area contributed by atoms with Crippen LogP contribution in [0.15, 0.2) is 36.8 Å².